The molecule has 1 amide bonds. The van der Waals surface area contributed by atoms with Gasteiger partial charge < -0.3 is 15.2 Å². The lowest BCUT2D eigenvalue weighted by Gasteiger charge is -2.06. The average molecular weight is 265 g/mol. The number of nitrogens with one attached hydrogen (secondary N) is 1. The summed E-state index contributed by atoms with van der Waals surface area (Å²) in [5.74, 6) is -1.87. The highest BCUT2D eigenvalue weighted by Crippen LogP contribution is 2.11. The van der Waals surface area contributed by atoms with Crippen LogP contribution in [0.2, 0.25) is 0 Å². The van der Waals surface area contributed by atoms with Crippen molar-refractivity contribution < 1.29 is 24.2 Å². The van der Waals surface area contributed by atoms with Crippen molar-refractivity contribution in [2.45, 2.75) is 19.8 Å². The summed E-state index contributed by atoms with van der Waals surface area (Å²) in [6.45, 7) is 1.97. The van der Waals surface area contributed by atoms with Gasteiger partial charge in [-0.05, 0) is 25.1 Å². The van der Waals surface area contributed by atoms with Crippen molar-refractivity contribution in [1.82, 2.24) is 0 Å². The number of benzene rings is 1. The third-order valence-corrected chi connectivity index (χ3v) is 2.25. The molecule has 0 saturated carbocycles. The fraction of sp³-hybridized carbons (Fsp3) is 0.308. The SMILES string of the molecule is CCOC(=O)CCC(=O)Nc1cccc(C(=O)O)c1. The number of carboxylic acids is 1. The van der Waals surface area contributed by atoms with E-state index in [1.807, 2.05) is 0 Å². The molecule has 1 aromatic rings. The first-order valence-electron chi connectivity index (χ1n) is 5.81. The lowest BCUT2D eigenvalue weighted by Crippen LogP contribution is -2.14. The van der Waals surface area contributed by atoms with Gasteiger partial charge in [0, 0.05) is 12.1 Å². The number of aromatic carboxylic acids is 1. The van der Waals surface area contributed by atoms with E-state index in [0.717, 1.165) is 0 Å². The number of carboxylic acid groups (broad SMARTS) is 1. The molecule has 6 heteroatoms. The molecule has 0 unspecified atom stereocenters. The molecule has 0 heterocycles. The minimum atomic E-state index is -1.07. The lowest BCUT2D eigenvalue weighted by atomic mass is 10.2. The zero-order chi connectivity index (χ0) is 14.3. The zero-order valence-electron chi connectivity index (χ0n) is 10.5. The van der Waals surface area contributed by atoms with Gasteiger partial charge in [0.2, 0.25) is 5.91 Å². The van der Waals surface area contributed by atoms with Crippen LogP contribution in [0.25, 0.3) is 0 Å². The second kappa shape index (κ2) is 7.15. The fourth-order valence-electron chi connectivity index (χ4n) is 1.40. The lowest BCUT2D eigenvalue weighted by molar-refractivity contribution is -0.144. The van der Waals surface area contributed by atoms with Crippen LogP contribution in [0.1, 0.15) is 30.1 Å². The van der Waals surface area contributed by atoms with E-state index in [4.69, 9.17) is 9.84 Å². The van der Waals surface area contributed by atoms with Crippen LogP contribution in [-0.2, 0) is 14.3 Å². The van der Waals surface area contributed by atoms with Crippen LogP contribution in [0.3, 0.4) is 0 Å². The molecule has 0 aromatic heterocycles. The maximum Gasteiger partial charge on any atom is 0.335 e. The predicted molar refractivity (Wildman–Crippen MR) is 67.9 cm³/mol. The van der Waals surface area contributed by atoms with E-state index < -0.39 is 11.9 Å². The van der Waals surface area contributed by atoms with E-state index in [-0.39, 0.29) is 30.9 Å². The van der Waals surface area contributed by atoms with Gasteiger partial charge in [-0.25, -0.2) is 4.79 Å². The Kier molecular flexibility index (Phi) is 5.53. The Labute approximate surface area is 110 Å². The van der Waals surface area contributed by atoms with Crippen molar-refractivity contribution in [2.24, 2.45) is 0 Å². The van der Waals surface area contributed by atoms with Gasteiger partial charge in [0.25, 0.3) is 0 Å². The number of carbonyl (C=O) groups is 3. The van der Waals surface area contributed by atoms with Crippen LogP contribution in [0.15, 0.2) is 24.3 Å². The van der Waals surface area contributed by atoms with E-state index in [0.29, 0.717) is 5.69 Å². The number of carbonyl (C=O) groups excluding carboxylic acids is 2. The molecule has 102 valence electrons. The monoisotopic (exact) mass is 265 g/mol. The molecule has 0 radical (unpaired) electrons. The predicted octanol–water partition coefficient (Wildman–Crippen LogP) is 1.67. The molecule has 0 bridgehead atoms. The molecule has 0 saturated heterocycles. The van der Waals surface area contributed by atoms with Gasteiger partial charge in [0.15, 0.2) is 0 Å². The summed E-state index contributed by atoms with van der Waals surface area (Å²) in [6.07, 6.45) is -0.00553. The minimum Gasteiger partial charge on any atom is -0.478 e. The van der Waals surface area contributed by atoms with Gasteiger partial charge in [-0.15, -0.1) is 0 Å². The summed E-state index contributed by atoms with van der Waals surface area (Å²) in [7, 11) is 0. The normalized spacial score (nSPS) is 9.74. The summed E-state index contributed by atoms with van der Waals surface area (Å²) in [6, 6.07) is 5.89. The molecule has 0 fully saturated rings. The first kappa shape index (κ1) is 14.7. The average Bonchev–Trinajstić information content (AvgIpc) is 2.37. The fourth-order valence-corrected chi connectivity index (χ4v) is 1.40. The number of rotatable bonds is 6. The number of hydrogen-bond acceptors (Lipinski definition) is 4. The molecule has 0 aliphatic carbocycles. The van der Waals surface area contributed by atoms with E-state index >= 15 is 0 Å². The second-order valence-corrected chi connectivity index (χ2v) is 3.74. The maximum atomic E-state index is 11.5. The highest BCUT2D eigenvalue weighted by atomic mass is 16.5. The van der Waals surface area contributed by atoms with Crippen molar-refractivity contribution in [1.29, 1.82) is 0 Å². The van der Waals surface area contributed by atoms with Gasteiger partial charge in [-0.1, -0.05) is 6.07 Å². The Morgan fingerprint density at radius 1 is 1.26 bits per heavy atom. The zero-order valence-corrected chi connectivity index (χ0v) is 10.5. The molecule has 2 N–H and O–H groups in total. The number of hydrogen-bond donors (Lipinski definition) is 2. The van der Waals surface area contributed by atoms with Gasteiger partial charge in [0.1, 0.15) is 0 Å². The largest absolute Gasteiger partial charge is 0.478 e. The van der Waals surface area contributed by atoms with Gasteiger partial charge in [-0.3, -0.25) is 9.59 Å². The first-order valence-corrected chi connectivity index (χ1v) is 5.81. The molecule has 0 aliphatic heterocycles. The van der Waals surface area contributed by atoms with Crippen molar-refractivity contribution in [2.75, 3.05) is 11.9 Å². The van der Waals surface area contributed by atoms with Crippen LogP contribution in [-0.4, -0.2) is 29.6 Å². The Morgan fingerprint density at radius 2 is 2.00 bits per heavy atom. The number of amides is 1. The van der Waals surface area contributed by atoms with Crippen LogP contribution in [0.5, 0.6) is 0 Å². The van der Waals surface area contributed by atoms with Gasteiger partial charge in [0.05, 0.1) is 18.6 Å². The van der Waals surface area contributed by atoms with Crippen LogP contribution in [0.4, 0.5) is 5.69 Å². The summed E-state index contributed by atoms with van der Waals surface area (Å²) in [5, 5.41) is 11.3. The van der Waals surface area contributed by atoms with Crippen molar-refractivity contribution >= 4 is 23.5 Å². The smallest absolute Gasteiger partial charge is 0.335 e. The first-order chi connectivity index (χ1) is 9.02. The molecule has 0 spiro atoms. The van der Waals surface area contributed by atoms with Crippen LogP contribution >= 0.6 is 0 Å². The van der Waals surface area contributed by atoms with Crippen molar-refractivity contribution in [3.05, 3.63) is 29.8 Å². The highest BCUT2D eigenvalue weighted by Gasteiger charge is 2.09. The molecule has 1 aromatic carbocycles. The summed E-state index contributed by atoms with van der Waals surface area (Å²) >= 11 is 0. The van der Waals surface area contributed by atoms with E-state index in [1.54, 1.807) is 13.0 Å². The molecule has 0 atom stereocenters. The Hall–Kier alpha value is -2.37. The second-order valence-electron chi connectivity index (χ2n) is 3.74. The Balaban J connectivity index is 2.50. The standard InChI is InChI=1S/C13H15NO5/c1-2-19-12(16)7-6-11(15)14-10-5-3-4-9(8-10)13(17)18/h3-5,8H,2,6-7H2,1H3,(H,14,15)(H,17,18). The number of anilines is 1. The van der Waals surface area contributed by atoms with Gasteiger partial charge >= 0.3 is 11.9 Å². The highest BCUT2D eigenvalue weighted by molar-refractivity contribution is 5.94. The topological polar surface area (TPSA) is 92.7 Å². The summed E-state index contributed by atoms with van der Waals surface area (Å²) < 4.78 is 4.70. The Morgan fingerprint density at radius 3 is 2.63 bits per heavy atom. The van der Waals surface area contributed by atoms with E-state index in [1.165, 1.54) is 18.2 Å². The van der Waals surface area contributed by atoms with Crippen molar-refractivity contribution in [3.63, 3.8) is 0 Å². The third kappa shape index (κ3) is 5.20. The van der Waals surface area contributed by atoms with Crippen LogP contribution in [0, 0.1) is 0 Å². The summed E-state index contributed by atoms with van der Waals surface area (Å²) in [5.41, 5.74) is 0.469. The number of ether oxygens (including phenoxy) is 1. The quantitative estimate of drug-likeness (QED) is 0.763. The summed E-state index contributed by atoms with van der Waals surface area (Å²) in [4.78, 5) is 33.4. The number of esters is 1. The molecule has 0 aliphatic rings. The molecule has 6 nitrogen and oxygen atoms in total. The molecular weight excluding hydrogens is 250 g/mol. The minimum absolute atomic E-state index is 0.00169. The van der Waals surface area contributed by atoms with E-state index in [9.17, 15) is 14.4 Å². The third-order valence-electron chi connectivity index (χ3n) is 2.25. The maximum absolute atomic E-state index is 11.5. The molecular formula is C13H15NO5. The molecule has 1 rings (SSSR count). The molecule has 19 heavy (non-hydrogen) atoms. The van der Waals surface area contributed by atoms with Gasteiger partial charge in [-0.2, -0.15) is 0 Å². The van der Waals surface area contributed by atoms with Crippen LogP contribution < -0.4 is 5.32 Å². The van der Waals surface area contributed by atoms with Crippen molar-refractivity contribution in [3.8, 4) is 0 Å². The van der Waals surface area contributed by atoms with E-state index in [2.05, 4.69) is 5.32 Å². The Bertz CT molecular complexity index is 484.